The molecule has 1 N–H and O–H groups in total. The number of fused-ring (bicyclic) bond motifs is 1. The van der Waals surface area contributed by atoms with Gasteiger partial charge < -0.3 is 24.2 Å². The molecule has 5 rings (SSSR count). The Morgan fingerprint density at radius 1 is 0.974 bits per heavy atom. The third-order valence-electron chi connectivity index (χ3n) is 6.88. The zero-order valence-electron chi connectivity index (χ0n) is 22.2. The van der Waals surface area contributed by atoms with Gasteiger partial charge in [-0.3, -0.25) is 0 Å². The first-order valence-electron chi connectivity index (χ1n) is 12.8. The van der Waals surface area contributed by atoms with Crippen molar-refractivity contribution < 1.29 is 14.6 Å². The molecule has 0 bridgehead atoms. The molecule has 0 spiro atoms. The third kappa shape index (κ3) is 5.08. The zero-order valence-corrected chi connectivity index (χ0v) is 23.0. The second-order valence-electron chi connectivity index (χ2n) is 10.6. The van der Waals surface area contributed by atoms with Gasteiger partial charge >= 0.3 is 6.09 Å². The molecule has 0 saturated carbocycles. The zero-order chi connectivity index (χ0) is 27.0. The van der Waals surface area contributed by atoms with E-state index in [-0.39, 0.29) is 12.7 Å². The van der Waals surface area contributed by atoms with Gasteiger partial charge in [0.1, 0.15) is 11.2 Å². The minimum absolute atomic E-state index is 0.00151. The van der Waals surface area contributed by atoms with Crippen LogP contribution >= 0.6 is 11.6 Å². The summed E-state index contributed by atoms with van der Waals surface area (Å²) in [5.41, 5.74) is 6.40. The van der Waals surface area contributed by atoms with Crippen LogP contribution in [-0.2, 0) is 18.4 Å². The number of benzene rings is 2. The number of aromatic nitrogens is 2. The van der Waals surface area contributed by atoms with Gasteiger partial charge in [0, 0.05) is 56.1 Å². The van der Waals surface area contributed by atoms with Crippen LogP contribution < -0.4 is 4.90 Å². The van der Waals surface area contributed by atoms with Crippen molar-refractivity contribution in [2.45, 2.75) is 33.0 Å². The van der Waals surface area contributed by atoms with Crippen LogP contribution in [0.3, 0.4) is 0 Å². The molecular formula is C30H33ClN4O3. The molecule has 1 aliphatic rings. The standard InChI is InChI=1S/C30H33ClN4O3/c1-30(2,3)38-29(37)35-17-15-34(16-18-35)23-11-9-22(10-12-23)27-25(21-7-5-20(19-36)6-8-21)26-24(31)13-14-32-28(26)33(27)4/h5-14,36H,15-19H2,1-4H3. The Bertz CT molecular complexity index is 1450. The number of anilines is 1. The molecule has 7 nitrogen and oxygen atoms in total. The number of hydrogen-bond acceptors (Lipinski definition) is 5. The Morgan fingerprint density at radius 3 is 2.21 bits per heavy atom. The first kappa shape index (κ1) is 26.1. The van der Waals surface area contributed by atoms with E-state index in [2.05, 4.69) is 38.7 Å². The van der Waals surface area contributed by atoms with Crippen molar-refractivity contribution in [3.8, 4) is 22.4 Å². The van der Waals surface area contributed by atoms with Crippen LogP contribution in [0.5, 0.6) is 0 Å². The molecule has 0 radical (unpaired) electrons. The maximum Gasteiger partial charge on any atom is 0.410 e. The average Bonchev–Trinajstić information content (AvgIpc) is 3.21. The predicted octanol–water partition coefficient (Wildman–Crippen LogP) is 6.11. The number of aliphatic hydroxyl groups is 1. The number of carbonyl (C=O) groups is 1. The van der Waals surface area contributed by atoms with Crippen molar-refractivity contribution in [2.24, 2.45) is 7.05 Å². The van der Waals surface area contributed by atoms with Crippen molar-refractivity contribution in [1.82, 2.24) is 14.5 Å². The molecule has 38 heavy (non-hydrogen) atoms. The molecule has 0 unspecified atom stereocenters. The van der Waals surface area contributed by atoms with Crippen molar-refractivity contribution in [3.05, 3.63) is 71.4 Å². The van der Waals surface area contributed by atoms with Crippen LogP contribution in [0.25, 0.3) is 33.4 Å². The van der Waals surface area contributed by atoms with E-state index in [1.165, 1.54) is 0 Å². The summed E-state index contributed by atoms with van der Waals surface area (Å²) in [6, 6.07) is 18.2. The number of nitrogens with zero attached hydrogens (tertiary/aromatic N) is 4. The number of aryl methyl sites for hydroxylation is 1. The maximum atomic E-state index is 12.4. The first-order chi connectivity index (χ1) is 18.2. The third-order valence-corrected chi connectivity index (χ3v) is 7.20. The van der Waals surface area contributed by atoms with Gasteiger partial charge in [0.25, 0.3) is 0 Å². The molecule has 8 heteroatoms. The number of halogens is 1. The maximum absolute atomic E-state index is 12.4. The van der Waals surface area contributed by atoms with Crippen LogP contribution in [0.15, 0.2) is 60.8 Å². The Balaban J connectivity index is 1.44. The second kappa shape index (κ2) is 10.3. The topological polar surface area (TPSA) is 70.8 Å². The summed E-state index contributed by atoms with van der Waals surface area (Å²) >= 11 is 6.70. The lowest BCUT2D eigenvalue weighted by molar-refractivity contribution is 0.0240. The summed E-state index contributed by atoms with van der Waals surface area (Å²) < 4.78 is 7.62. The molecular weight excluding hydrogens is 500 g/mol. The summed E-state index contributed by atoms with van der Waals surface area (Å²) in [6.45, 7) is 8.39. The molecule has 0 atom stereocenters. The lowest BCUT2D eigenvalue weighted by atomic mass is 9.97. The van der Waals surface area contributed by atoms with Gasteiger partial charge in [-0.05, 0) is 55.7 Å². The van der Waals surface area contributed by atoms with Crippen LogP contribution in [0.2, 0.25) is 5.02 Å². The fourth-order valence-corrected chi connectivity index (χ4v) is 5.24. The van der Waals surface area contributed by atoms with Crippen LogP contribution in [0, 0.1) is 0 Å². The molecule has 2 aromatic heterocycles. The number of ether oxygens (including phenoxy) is 1. The highest BCUT2D eigenvalue weighted by atomic mass is 35.5. The number of pyridine rings is 1. The van der Waals surface area contributed by atoms with Gasteiger partial charge in [-0.1, -0.05) is 48.0 Å². The van der Waals surface area contributed by atoms with Gasteiger partial charge in [-0.2, -0.15) is 0 Å². The van der Waals surface area contributed by atoms with Gasteiger partial charge in [0.2, 0.25) is 0 Å². The van der Waals surface area contributed by atoms with Gasteiger partial charge in [0.05, 0.1) is 17.3 Å². The van der Waals surface area contributed by atoms with E-state index in [0.717, 1.165) is 57.8 Å². The van der Waals surface area contributed by atoms with Crippen molar-refractivity contribution >= 4 is 34.4 Å². The molecule has 1 amide bonds. The Morgan fingerprint density at radius 2 is 1.61 bits per heavy atom. The highest BCUT2D eigenvalue weighted by Crippen LogP contribution is 2.42. The molecule has 1 aliphatic heterocycles. The minimum atomic E-state index is -0.495. The SMILES string of the molecule is Cn1c(-c2ccc(N3CCN(C(=O)OC(C)(C)C)CC3)cc2)c(-c2ccc(CO)cc2)c2c(Cl)ccnc21. The minimum Gasteiger partial charge on any atom is -0.444 e. The highest BCUT2D eigenvalue weighted by molar-refractivity contribution is 6.37. The lowest BCUT2D eigenvalue weighted by Crippen LogP contribution is -2.50. The summed E-state index contributed by atoms with van der Waals surface area (Å²) in [5.74, 6) is 0. The van der Waals surface area contributed by atoms with Gasteiger partial charge in [0.15, 0.2) is 0 Å². The highest BCUT2D eigenvalue weighted by Gasteiger charge is 2.26. The summed E-state index contributed by atoms with van der Waals surface area (Å²) in [7, 11) is 2.01. The van der Waals surface area contributed by atoms with E-state index >= 15 is 0 Å². The van der Waals surface area contributed by atoms with Gasteiger partial charge in [-0.25, -0.2) is 9.78 Å². The van der Waals surface area contributed by atoms with Crippen molar-refractivity contribution in [3.63, 3.8) is 0 Å². The quantitative estimate of drug-likeness (QED) is 0.343. The fourth-order valence-electron chi connectivity index (χ4n) is 5.01. The lowest BCUT2D eigenvalue weighted by Gasteiger charge is -2.36. The van der Waals surface area contributed by atoms with Crippen molar-refractivity contribution in [1.29, 1.82) is 0 Å². The van der Waals surface area contributed by atoms with E-state index in [1.807, 2.05) is 58.2 Å². The van der Waals surface area contributed by atoms with Crippen LogP contribution in [-0.4, -0.2) is 57.4 Å². The molecule has 0 aliphatic carbocycles. The van der Waals surface area contributed by atoms with Crippen LogP contribution in [0.4, 0.5) is 10.5 Å². The number of amides is 1. The number of hydrogen-bond donors (Lipinski definition) is 1. The van der Waals surface area contributed by atoms with E-state index in [0.29, 0.717) is 18.1 Å². The fraction of sp³-hybridized carbons (Fsp3) is 0.333. The molecule has 1 saturated heterocycles. The van der Waals surface area contributed by atoms with Gasteiger partial charge in [-0.15, -0.1) is 0 Å². The average molecular weight is 533 g/mol. The Hall–Kier alpha value is -3.55. The number of carbonyl (C=O) groups excluding carboxylic acids is 1. The van der Waals surface area contributed by atoms with Crippen molar-refractivity contribution in [2.75, 3.05) is 31.1 Å². The van der Waals surface area contributed by atoms with E-state index in [9.17, 15) is 9.90 Å². The van der Waals surface area contributed by atoms with E-state index < -0.39 is 5.60 Å². The number of rotatable bonds is 4. The smallest absolute Gasteiger partial charge is 0.410 e. The molecule has 3 heterocycles. The molecule has 198 valence electrons. The number of piperazine rings is 1. The van der Waals surface area contributed by atoms with Crippen LogP contribution in [0.1, 0.15) is 26.3 Å². The number of aliphatic hydroxyl groups excluding tert-OH is 1. The first-order valence-corrected chi connectivity index (χ1v) is 13.2. The normalized spacial score (nSPS) is 14.3. The molecule has 1 fully saturated rings. The summed E-state index contributed by atoms with van der Waals surface area (Å²) in [6.07, 6.45) is 1.47. The second-order valence-corrected chi connectivity index (χ2v) is 11.0. The Kier molecular flexibility index (Phi) is 7.07. The summed E-state index contributed by atoms with van der Waals surface area (Å²) in [4.78, 5) is 21.1. The van der Waals surface area contributed by atoms with E-state index in [4.69, 9.17) is 16.3 Å². The molecule has 4 aromatic rings. The summed E-state index contributed by atoms with van der Waals surface area (Å²) in [5, 5.41) is 11.1. The van der Waals surface area contributed by atoms with E-state index in [1.54, 1.807) is 11.1 Å². The molecule has 2 aromatic carbocycles. The largest absolute Gasteiger partial charge is 0.444 e. The monoisotopic (exact) mass is 532 g/mol. The Labute approximate surface area is 228 Å². The predicted molar refractivity (Wildman–Crippen MR) is 153 cm³/mol.